The molecule has 0 radical (unpaired) electrons. The van der Waals surface area contributed by atoms with Gasteiger partial charge >= 0.3 is 0 Å². The van der Waals surface area contributed by atoms with Gasteiger partial charge in [-0.05, 0) is 74.2 Å². The quantitative estimate of drug-likeness (QED) is 0.221. The van der Waals surface area contributed by atoms with E-state index in [2.05, 4.69) is 5.32 Å². The zero-order chi connectivity index (χ0) is 30.2. The van der Waals surface area contributed by atoms with Crippen molar-refractivity contribution in [3.05, 3.63) is 93.5 Å². The van der Waals surface area contributed by atoms with Gasteiger partial charge in [0.2, 0.25) is 11.8 Å². The first-order valence-electron chi connectivity index (χ1n) is 13.6. The molecule has 0 aliphatic carbocycles. The molecule has 0 aromatic heterocycles. The number of sulfonamides is 1. The minimum Gasteiger partial charge on any atom is -0.354 e. The van der Waals surface area contributed by atoms with Gasteiger partial charge in [-0.3, -0.25) is 13.9 Å². The van der Waals surface area contributed by atoms with Crippen molar-refractivity contribution >= 4 is 50.7 Å². The van der Waals surface area contributed by atoms with Gasteiger partial charge in [0.25, 0.3) is 10.0 Å². The highest BCUT2D eigenvalue weighted by Crippen LogP contribution is 2.27. The van der Waals surface area contributed by atoms with E-state index in [4.69, 9.17) is 23.2 Å². The average Bonchev–Trinajstić information content (AvgIpc) is 2.93. The highest BCUT2D eigenvalue weighted by Gasteiger charge is 2.33. The highest BCUT2D eigenvalue weighted by molar-refractivity contribution is 7.92. The molecule has 7 nitrogen and oxygen atoms in total. The van der Waals surface area contributed by atoms with Crippen LogP contribution in [0.2, 0.25) is 10.0 Å². The number of halogens is 2. The maximum atomic E-state index is 14.1. The van der Waals surface area contributed by atoms with Crippen LogP contribution in [0.4, 0.5) is 5.69 Å². The molecule has 1 atom stereocenters. The summed E-state index contributed by atoms with van der Waals surface area (Å²) < 4.78 is 29.0. The molecule has 3 rings (SSSR count). The minimum absolute atomic E-state index is 0.0433. The van der Waals surface area contributed by atoms with E-state index in [0.29, 0.717) is 34.3 Å². The number of carbonyl (C=O) groups is 2. The molecule has 0 aliphatic heterocycles. The summed E-state index contributed by atoms with van der Waals surface area (Å²) in [7, 11) is -4.12. The average molecular weight is 619 g/mol. The van der Waals surface area contributed by atoms with Crippen molar-refractivity contribution in [1.82, 2.24) is 10.2 Å². The van der Waals surface area contributed by atoms with Crippen molar-refractivity contribution in [3.8, 4) is 0 Å². The Labute approximate surface area is 253 Å². The molecule has 0 spiro atoms. The Morgan fingerprint density at radius 2 is 1.61 bits per heavy atom. The number of rotatable bonds is 13. The lowest BCUT2D eigenvalue weighted by Crippen LogP contribution is -2.52. The third kappa shape index (κ3) is 8.47. The molecule has 2 amide bonds. The molecule has 1 N–H and O–H groups in total. The van der Waals surface area contributed by atoms with Crippen molar-refractivity contribution in [2.75, 3.05) is 17.4 Å². The lowest BCUT2D eigenvalue weighted by atomic mass is 10.1. The van der Waals surface area contributed by atoms with Gasteiger partial charge < -0.3 is 10.2 Å². The number of nitrogens with zero attached hydrogens (tertiary/aromatic N) is 2. The van der Waals surface area contributed by atoms with E-state index in [1.165, 1.54) is 17.0 Å². The molecule has 3 aromatic carbocycles. The molecule has 0 aliphatic rings. The first kappa shape index (κ1) is 32.4. The second-order valence-electron chi connectivity index (χ2n) is 10.0. The molecule has 0 heterocycles. The molecule has 10 heteroatoms. The van der Waals surface area contributed by atoms with E-state index in [9.17, 15) is 18.0 Å². The largest absolute Gasteiger partial charge is 0.354 e. The van der Waals surface area contributed by atoms with Crippen LogP contribution in [-0.4, -0.2) is 44.3 Å². The van der Waals surface area contributed by atoms with E-state index in [1.807, 2.05) is 33.8 Å². The summed E-state index contributed by atoms with van der Waals surface area (Å²) in [4.78, 5) is 28.9. The summed E-state index contributed by atoms with van der Waals surface area (Å²) in [5, 5.41) is 3.61. The van der Waals surface area contributed by atoms with E-state index in [-0.39, 0.29) is 17.3 Å². The van der Waals surface area contributed by atoms with Crippen molar-refractivity contribution < 1.29 is 18.0 Å². The van der Waals surface area contributed by atoms with Crippen LogP contribution in [0.3, 0.4) is 0 Å². The van der Waals surface area contributed by atoms with Crippen LogP contribution in [0.1, 0.15) is 49.8 Å². The van der Waals surface area contributed by atoms with Crippen LogP contribution in [0, 0.1) is 13.8 Å². The van der Waals surface area contributed by atoms with Crippen LogP contribution in [0.5, 0.6) is 0 Å². The second kappa shape index (κ2) is 14.7. The molecule has 0 fully saturated rings. The third-order valence-corrected chi connectivity index (χ3v) is 9.26. The smallest absolute Gasteiger partial charge is 0.264 e. The first-order valence-corrected chi connectivity index (χ1v) is 15.8. The fourth-order valence-corrected chi connectivity index (χ4v) is 6.14. The van der Waals surface area contributed by atoms with Crippen LogP contribution in [0.15, 0.2) is 71.6 Å². The molecule has 220 valence electrons. The summed E-state index contributed by atoms with van der Waals surface area (Å²) in [6.07, 6.45) is 2.05. The Hall–Kier alpha value is -3.07. The van der Waals surface area contributed by atoms with E-state index >= 15 is 0 Å². The lowest BCUT2D eigenvalue weighted by Gasteiger charge is -2.33. The predicted octanol–water partition coefficient (Wildman–Crippen LogP) is 6.53. The number of hydrogen-bond acceptors (Lipinski definition) is 4. The monoisotopic (exact) mass is 617 g/mol. The van der Waals surface area contributed by atoms with Gasteiger partial charge in [0, 0.05) is 13.1 Å². The third-order valence-electron chi connectivity index (χ3n) is 6.73. The molecule has 3 aromatic rings. The van der Waals surface area contributed by atoms with Crippen molar-refractivity contribution in [2.45, 2.75) is 64.4 Å². The Morgan fingerprint density at radius 3 is 2.22 bits per heavy atom. The number of aryl methyl sites for hydroxylation is 2. The van der Waals surface area contributed by atoms with Gasteiger partial charge in [0.05, 0.1) is 20.6 Å². The SMILES string of the molecule is CCCCNC(=O)C(CC)N(Cc1ccc(Cl)c(Cl)c1)C(=O)CN(c1cccc(C)c1)S(=O)(=O)c1ccc(C)cc1. The van der Waals surface area contributed by atoms with Gasteiger partial charge in [0.1, 0.15) is 12.6 Å². The lowest BCUT2D eigenvalue weighted by molar-refractivity contribution is -0.140. The fraction of sp³-hybridized carbons (Fsp3) is 0.355. The number of carbonyl (C=O) groups excluding carboxylic acids is 2. The van der Waals surface area contributed by atoms with Crippen LogP contribution < -0.4 is 9.62 Å². The summed E-state index contributed by atoms with van der Waals surface area (Å²) >= 11 is 12.4. The van der Waals surface area contributed by atoms with Gasteiger partial charge in [-0.15, -0.1) is 0 Å². The van der Waals surface area contributed by atoms with Crippen molar-refractivity contribution in [1.29, 1.82) is 0 Å². The zero-order valence-electron chi connectivity index (χ0n) is 23.9. The summed E-state index contributed by atoms with van der Waals surface area (Å²) in [5.41, 5.74) is 2.77. The van der Waals surface area contributed by atoms with Crippen molar-refractivity contribution in [2.24, 2.45) is 0 Å². The van der Waals surface area contributed by atoms with Crippen molar-refractivity contribution in [3.63, 3.8) is 0 Å². The molecule has 0 saturated carbocycles. The zero-order valence-corrected chi connectivity index (χ0v) is 26.2. The van der Waals surface area contributed by atoms with Gasteiger partial charge in [-0.25, -0.2) is 8.42 Å². The van der Waals surface area contributed by atoms with E-state index in [1.54, 1.807) is 48.5 Å². The molecule has 0 saturated heterocycles. The molecule has 1 unspecified atom stereocenters. The number of anilines is 1. The van der Waals surface area contributed by atoms with Crippen LogP contribution in [0.25, 0.3) is 0 Å². The number of hydrogen-bond donors (Lipinski definition) is 1. The Balaban J connectivity index is 2.05. The highest BCUT2D eigenvalue weighted by atomic mass is 35.5. The normalized spacial score (nSPS) is 12.0. The van der Waals surface area contributed by atoms with Gasteiger partial charge in [-0.2, -0.15) is 0 Å². The summed E-state index contributed by atoms with van der Waals surface area (Å²) in [6.45, 7) is 7.60. The summed E-state index contributed by atoms with van der Waals surface area (Å²) in [5.74, 6) is -0.816. The van der Waals surface area contributed by atoms with E-state index < -0.39 is 28.5 Å². The van der Waals surface area contributed by atoms with E-state index in [0.717, 1.165) is 28.3 Å². The number of benzene rings is 3. The minimum atomic E-state index is -4.12. The molecule has 41 heavy (non-hydrogen) atoms. The Kier molecular flexibility index (Phi) is 11.6. The van der Waals surface area contributed by atoms with Gasteiger partial charge in [-0.1, -0.05) is 79.4 Å². The van der Waals surface area contributed by atoms with Gasteiger partial charge in [0.15, 0.2) is 0 Å². The topological polar surface area (TPSA) is 86.8 Å². The number of nitrogens with one attached hydrogen (secondary N) is 1. The predicted molar refractivity (Wildman–Crippen MR) is 166 cm³/mol. The fourth-order valence-electron chi connectivity index (χ4n) is 4.41. The standard InChI is InChI=1S/C31H37Cl2N3O4S/c1-5-7-17-34-31(38)29(6-2)35(20-24-13-16-27(32)28(33)19-24)30(37)21-36(25-10-8-9-23(4)18-25)41(39,40)26-14-11-22(3)12-15-26/h8-16,18-19,29H,5-7,17,20-21H2,1-4H3,(H,34,38). The second-order valence-corrected chi connectivity index (χ2v) is 12.7. The van der Waals surface area contributed by atoms with Crippen LogP contribution in [-0.2, 0) is 26.2 Å². The summed E-state index contributed by atoms with van der Waals surface area (Å²) in [6, 6.07) is 17.7. The number of unbranched alkanes of at least 4 members (excludes halogenated alkanes) is 1. The first-order chi connectivity index (χ1) is 19.5. The molecular weight excluding hydrogens is 581 g/mol. The molecule has 0 bridgehead atoms. The maximum Gasteiger partial charge on any atom is 0.264 e. The Bertz CT molecular complexity index is 1460. The molecular formula is C31H37Cl2N3O4S. The Morgan fingerprint density at radius 1 is 0.902 bits per heavy atom. The number of amides is 2. The van der Waals surface area contributed by atoms with Crippen LogP contribution >= 0.6 is 23.2 Å². The maximum absolute atomic E-state index is 14.1.